The van der Waals surface area contributed by atoms with Crippen LogP contribution in [0.1, 0.15) is 25.0 Å². The van der Waals surface area contributed by atoms with Gasteiger partial charge in [-0.15, -0.1) is 0 Å². The summed E-state index contributed by atoms with van der Waals surface area (Å²) in [5, 5.41) is 0. The number of rotatable bonds is 7. The van der Waals surface area contributed by atoms with Gasteiger partial charge in [0.2, 0.25) is 5.90 Å². The summed E-state index contributed by atoms with van der Waals surface area (Å²) in [5.41, 5.74) is 2.56. The van der Waals surface area contributed by atoms with Crippen LogP contribution in [0.3, 0.4) is 0 Å². The molecule has 0 bridgehead atoms. The standard InChI is InChI=1S/C22H18Br2INO4/c1-4-28-19-9-13(7-16(24)20(19)29-11-12(2)3)8-18-22(27)30-21(26-18)14-5-6-17(25)15(23)10-14/h5-10H,2,4,11H2,1,3H3/b18-8-. The van der Waals surface area contributed by atoms with Gasteiger partial charge in [-0.25, -0.2) is 9.79 Å². The fourth-order valence-corrected chi connectivity index (χ4v) is 3.88. The van der Waals surface area contributed by atoms with Crippen LogP contribution in [0.4, 0.5) is 0 Å². The van der Waals surface area contributed by atoms with Crippen molar-refractivity contribution in [2.75, 3.05) is 13.2 Å². The third kappa shape index (κ3) is 5.53. The van der Waals surface area contributed by atoms with E-state index in [-0.39, 0.29) is 11.6 Å². The molecule has 0 fully saturated rings. The maximum Gasteiger partial charge on any atom is 0.363 e. The van der Waals surface area contributed by atoms with Crippen molar-refractivity contribution < 1.29 is 19.0 Å². The predicted molar refractivity (Wildman–Crippen MR) is 133 cm³/mol. The summed E-state index contributed by atoms with van der Waals surface area (Å²) in [4.78, 5) is 16.7. The number of aliphatic imine (C=N–C) groups is 1. The number of benzene rings is 2. The molecule has 156 valence electrons. The molecule has 2 aromatic carbocycles. The Morgan fingerprint density at radius 3 is 2.67 bits per heavy atom. The topological polar surface area (TPSA) is 57.1 Å². The molecule has 0 spiro atoms. The fourth-order valence-electron chi connectivity index (χ4n) is 2.59. The van der Waals surface area contributed by atoms with Gasteiger partial charge < -0.3 is 14.2 Å². The van der Waals surface area contributed by atoms with Gasteiger partial charge in [-0.2, -0.15) is 0 Å². The van der Waals surface area contributed by atoms with E-state index in [4.69, 9.17) is 14.2 Å². The maximum absolute atomic E-state index is 12.4. The molecule has 1 aliphatic rings. The average Bonchev–Trinajstić information content (AvgIpc) is 3.04. The Balaban J connectivity index is 1.94. The Labute approximate surface area is 205 Å². The van der Waals surface area contributed by atoms with Crippen LogP contribution in [0.25, 0.3) is 6.08 Å². The third-order valence-corrected chi connectivity index (χ3v) is 6.81. The normalized spacial score (nSPS) is 14.5. The van der Waals surface area contributed by atoms with Gasteiger partial charge in [-0.3, -0.25) is 0 Å². The summed E-state index contributed by atoms with van der Waals surface area (Å²) < 4.78 is 19.6. The Morgan fingerprint density at radius 2 is 2.00 bits per heavy atom. The first kappa shape index (κ1) is 23.0. The van der Waals surface area contributed by atoms with E-state index in [0.717, 1.165) is 24.7 Å². The SMILES string of the molecule is C=C(C)COc1c(Br)cc(/C=C2\N=C(c3ccc(I)c(Br)c3)OC2=O)cc1OCC. The number of ether oxygens (including phenoxy) is 3. The van der Waals surface area contributed by atoms with E-state index in [1.165, 1.54) is 0 Å². The monoisotopic (exact) mass is 645 g/mol. The number of hydrogen-bond acceptors (Lipinski definition) is 5. The summed E-state index contributed by atoms with van der Waals surface area (Å²) in [6, 6.07) is 9.30. The van der Waals surface area contributed by atoms with Crippen LogP contribution < -0.4 is 9.47 Å². The van der Waals surface area contributed by atoms with Gasteiger partial charge >= 0.3 is 5.97 Å². The van der Waals surface area contributed by atoms with Crippen molar-refractivity contribution in [3.8, 4) is 11.5 Å². The van der Waals surface area contributed by atoms with E-state index in [9.17, 15) is 4.79 Å². The number of halogens is 3. The predicted octanol–water partition coefficient (Wildman–Crippen LogP) is 6.51. The molecule has 0 saturated carbocycles. The number of cyclic esters (lactones) is 1. The molecule has 0 radical (unpaired) electrons. The second kappa shape index (κ2) is 10.1. The molecular weight excluding hydrogens is 629 g/mol. The number of esters is 1. The lowest BCUT2D eigenvalue weighted by atomic mass is 10.1. The zero-order valence-corrected chi connectivity index (χ0v) is 21.6. The van der Waals surface area contributed by atoms with Gasteiger partial charge in [0, 0.05) is 13.6 Å². The molecule has 0 aliphatic carbocycles. The molecule has 8 heteroatoms. The highest BCUT2D eigenvalue weighted by Crippen LogP contribution is 2.38. The largest absolute Gasteiger partial charge is 0.490 e. The van der Waals surface area contributed by atoms with Gasteiger partial charge in [0.25, 0.3) is 0 Å². The first-order chi connectivity index (χ1) is 14.3. The van der Waals surface area contributed by atoms with E-state index in [1.54, 1.807) is 12.1 Å². The van der Waals surface area contributed by atoms with E-state index in [0.29, 0.717) is 29.2 Å². The second-order valence-electron chi connectivity index (χ2n) is 6.47. The van der Waals surface area contributed by atoms with Gasteiger partial charge in [0.05, 0.1) is 11.1 Å². The van der Waals surface area contributed by atoms with Crippen LogP contribution >= 0.6 is 54.5 Å². The molecule has 0 aromatic heterocycles. The minimum atomic E-state index is -0.503. The zero-order valence-electron chi connectivity index (χ0n) is 16.3. The number of nitrogens with zero attached hydrogens (tertiary/aromatic N) is 1. The highest BCUT2D eigenvalue weighted by Gasteiger charge is 2.25. The molecule has 0 N–H and O–H groups in total. The quantitative estimate of drug-likeness (QED) is 0.149. The second-order valence-corrected chi connectivity index (χ2v) is 9.34. The number of carbonyl (C=O) groups excluding carboxylic acids is 1. The highest BCUT2D eigenvalue weighted by molar-refractivity contribution is 14.1. The Hall–Kier alpha value is -1.65. The number of carbonyl (C=O) groups is 1. The van der Waals surface area contributed by atoms with Crippen LogP contribution in [0, 0.1) is 3.57 Å². The van der Waals surface area contributed by atoms with Gasteiger partial charge in [0.15, 0.2) is 17.2 Å². The molecule has 0 saturated heterocycles. The molecule has 1 heterocycles. The Kier molecular flexibility index (Phi) is 7.75. The summed E-state index contributed by atoms with van der Waals surface area (Å²) in [6.07, 6.45) is 1.66. The lowest BCUT2D eigenvalue weighted by Gasteiger charge is -2.14. The summed E-state index contributed by atoms with van der Waals surface area (Å²) in [7, 11) is 0. The molecule has 2 aromatic rings. The molecule has 0 unspecified atom stereocenters. The smallest absolute Gasteiger partial charge is 0.363 e. The van der Waals surface area contributed by atoms with Crippen molar-refractivity contribution in [2.45, 2.75) is 13.8 Å². The summed E-state index contributed by atoms with van der Waals surface area (Å²) >= 11 is 9.22. The zero-order chi connectivity index (χ0) is 21.8. The van der Waals surface area contributed by atoms with E-state index >= 15 is 0 Å². The Bertz CT molecular complexity index is 1080. The first-order valence-corrected chi connectivity index (χ1v) is 11.7. The lowest BCUT2D eigenvalue weighted by Crippen LogP contribution is -2.05. The van der Waals surface area contributed by atoms with Crippen LogP contribution in [0.15, 0.2) is 62.1 Å². The molecule has 1 aliphatic heterocycles. The Morgan fingerprint density at radius 1 is 1.23 bits per heavy atom. The van der Waals surface area contributed by atoms with E-state index in [1.807, 2.05) is 38.1 Å². The average molecular weight is 647 g/mol. The van der Waals surface area contributed by atoms with Crippen molar-refractivity contribution in [1.82, 2.24) is 0 Å². The van der Waals surface area contributed by atoms with E-state index in [2.05, 4.69) is 66.0 Å². The van der Waals surface area contributed by atoms with Crippen molar-refractivity contribution in [3.05, 3.63) is 71.8 Å². The highest BCUT2D eigenvalue weighted by atomic mass is 127. The van der Waals surface area contributed by atoms with Gasteiger partial charge in [-0.05, 0) is 116 Å². The number of hydrogen-bond donors (Lipinski definition) is 0. The van der Waals surface area contributed by atoms with E-state index < -0.39 is 5.97 Å². The van der Waals surface area contributed by atoms with Crippen molar-refractivity contribution in [2.24, 2.45) is 4.99 Å². The van der Waals surface area contributed by atoms with Crippen molar-refractivity contribution in [1.29, 1.82) is 0 Å². The van der Waals surface area contributed by atoms with Crippen molar-refractivity contribution >= 4 is 72.4 Å². The molecule has 0 amide bonds. The fraction of sp³-hybridized carbons (Fsp3) is 0.182. The summed E-state index contributed by atoms with van der Waals surface area (Å²) in [6.45, 7) is 8.49. The minimum absolute atomic E-state index is 0.213. The molecule has 30 heavy (non-hydrogen) atoms. The van der Waals surface area contributed by atoms with Crippen LogP contribution in [0.5, 0.6) is 11.5 Å². The van der Waals surface area contributed by atoms with Crippen LogP contribution in [0.2, 0.25) is 0 Å². The molecular formula is C22H18Br2INO4. The van der Waals surface area contributed by atoms with Gasteiger partial charge in [-0.1, -0.05) is 6.58 Å². The molecule has 5 nitrogen and oxygen atoms in total. The molecule has 0 atom stereocenters. The lowest BCUT2D eigenvalue weighted by molar-refractivity contribution is -0.129. The third-order valence-electron chi connectivity index (χ3n) is 3.89. The minimum Gasteiger partial charge on any atom is -0.490 e. The van der Waals surface area contributed by atoms with Crippen LogP contribution in [-0.4, -0.2) is 25.1 Å². The van der Waals surface area contributed by atoms with Crippen molar-refractivity contribution in [3.63, 3.8) is 0 Å². The van der Waals surface area contributed by atoms with Gasteiger partial charge in [0.1, 0.15) is 6.61 Å². The first-order valence-electron chi connectivity index (χ1n) is 9.00. The molecule has 3 rings (SSSR count). The van der Waals surface area contributed by atoms with Crippen LogP contribution in [-0.2, 0) is 9.53 Å². The maximum atomic E-state index is 12.4. The summed E-state index contributed by atoms with van der Waals surface area (Å²) in [5.74, 6) is 0.922.